The summed E-state index contributed by atoms with van der Waals surface area (Å²) in [7, 11) is 0. The number of nitrogens with one attached hydrogen (secondary N) is 1. The van der Waals surface area contributed by atoms with Gasteiger partial charge in [-0.25, -0.2) is 0 Å². The summed E-state index contributed by atoms with van der Waals surface area (Å²) in [6.07, 6.45) is 8.19. The normalized spacial score (nSPS) is 12.6. The molecule has 13 heavy (non-hydrogen) atoms. The van der Waals surface area contributed by atoms with E-state index in [1.54, 1.807) is 0 Å². The lowest BCUT2D eigenvalue weighted by atomic mass is 9.97. The second-order valence-corrected chi connectivity index (χ2v) is 4.79. The van der Waals surface area contributed by atoms with Crippen LogP contribution in [-0.2, 0) is 0 Å². The highest BCUT2D eigenvalue weighted by Crippen LogP contribution is 2.09. The fourth-order valence-electron chi connectivity index (χ4n) is 1.05. The minimum absolute atomic E-state index is 0.410. The van der Waals surface area contributed by atoms with E-state index in [1.807, 2.05) is 0 Å². The van der Waals surface area contributed by atoms with Crippen LogP contribution in [-0.4, -0.2) is 13.1 Å². The van der Waals surface area contributed by atoms with Gasteiger partial charge in [0.2, 0.25) is 0 Å². The molecule has 0 aromatic rings. The molecule has 0 aliphatic heterocycles. The maximum absolute atomic E-state index is 3.45. The van der Waals surface area contributed by atoms with E-state index >= 15 is 0 Å². The summed E-state index contributed by atoms with van der Waals surface area (Å²) in [5.74, 6) is 0. The first kappa shape index (κ1) is 12.7. The zero-order valence-electron chi connectivity index (χ0n) is 9.69. The van der Waals surface area contributed by atoms with Gasteiger partial charge in [0.15, 0.2) is 0 Å². The molecule has 0 unspecified atom stereocenters. The summed E-state index contributed by atoms with van der Waals surface area (Å²) < 4.78 is 0. The molecule has 0 fully saturated rings. The van der Waals surface area contributed by atoms with Crippen LogP contribution in [0, 0.1) is 5.41 Å². The molecule has 0 aliphatic rings. The van der Waals surface area contributed by atoms with Gasteiger partial charge in [0.1, 0.15) is 0 Å². The lowest BCUT2D eigenvalue weighted by Crippen LogP contribution is -2.27. The Hall–Kier alpha value is -0.300. The quantitative estimate of drug-likeness (QED) is 0.492. The predicted molar refractivity (Wildman–Crippen MR) is 61.0 cm³/mol. The van der Waals surface area contributed by atoms with E-state index in [2.05, 4.69) is 45.2 Å². The molecule has 1 nitrogen and oxygen atoms in total. The highest BCUT2D eigenvalue weighted by atomic mass is 14.9. The van der Waals surface area contributed by atoms with Crippen LogP contribution in [0.1, 0.15) is 47.0 Å². The lowest BCUT2D eigenvalue weighted by molar-refractivity contribution is 0.382. The average molecular weight is 183 g/mol. The van der Waals surface area contributed by atoms with Gasteiger partial charge in [0.25, 0.3) is 0 Å². The fourth-order valence-corrected chi connectivity index (χ4v) is 1.05. The number of unbranched alkanes of at least 4 members (excludes halogenated alkanes) is 1. The van der Waals surface area contributed by atoms with Crippen molar-refractivity contribution in [3.05, 3.63) is 12.2 Å². The zero-order chi connectivity index (χ0) is 10.2. The molecular formula is C12H25N. The molecule has 0 bridgehead atoms. The van der Waals surface area contributed by atoms with E-state index in [4.69, 9.17) is 0 Å². The standard InChI is InChI=1S/C12H25N/c1-5-6-7-8-9-10-13-11-12(2,3)4/h7-8,13H,5-6,9-11H2,1-4H3. The number of allylic oxidation sites excluding steroid dienone is 1. The molecule has 0 amide bonds. The molecule has 0 spiro atoms. The van der Waals surface area contributed by atoms with Gasteiger partial charge >= 0.3 is 0 Å². The van der Waals surface area contributed by atoms with E-state index in [0.717, 1.165) is 19.5 Å². The second kappa shape index (κ2) is 7.14. The molecule has 0 aromatic carbocycles. The van der Waals surface area contributed by atoms with Gasteiger partial charge in [-0.3, -0.25) is 0 Å². The summed E-state index contributed by atoms with van der Waals surface area (Å²) in [6, 6.07) is 0. The Bertz CT molecular complexity index is 131. The van der Waals surface area contributed by atoms with Crippen molar-refractivity contribution >= 4 is 0 Å². The third-order valence-electron chi connectivity index (χ3n) is 1.77. The molecule has 0 aromatic heterocycles. The van der Waals surface area contributed by atoms with Crippen molar-refractivity contribution < 1.29 is 0 Å². The van der Waals surface area contributed by atoms with Gasteiger partial charge in [-0.05, 0) is 31.3 Å². The van der Waals surface area contributed by atoms with E-state index in [1.165, 1.54) is 12.8 Å². The summed E-state index contributed by atoms with van der Waals surface area (Å²) >= 11 is 0. The van der Waals surface area contributed by atoms with Gasteiger partial charge in [-0.2, -0.15) is 0 Å². The highest BCUT2D eigenvalue weighted by molar-refractivity contribution is 4.81. The highest BCUT2D eigenvalue weighted by Gasteiger charge is 2.07. The van der Waals surface area contributed by atoms with Crippen LogP contribution in [0.15, 0.2) is 12.2 Å². The Morgan fingerprint density at radius 1 is 1.08 bits per heavy atom. The summed E-state index contributed by atoms with van der Waals surface area (Å²) in [4.78, 5) is 0. The fraction of sp³-hybridized carbons (Fsp3) is 0.833. The summed E-state index contributed by atoms with van der Waals surface area (Å²) in [6.45, 7) is 11.2. The summed E-state index contributed by atoms with van der Waals surface area (Å²) in [5, 5.41) is 3.45. The summed E-state index contributed by atoms with van der Waals surface area (Å²) in [5.41, 5.74) is 0.410. The average Bonchev–Trinajstić information content (AvgIpc) is 2.01. The molecule has 0 aliphatic carbocycles. The maximum Gasteiger partial charge on any atom is -0.00000000877 e. The van der Waals surface area contributed by atoms with Crippen molar-refractivity contribution in [3.63, 3.8) is 0 Å². The smallest absolute Gasteiger partial charge is 0.00000000877 e. The van der Waals surface area contributed by atoms with Gasteiger partial charge in [0, 0.05) is 0 Å². The number of hydrogen-bond donors (Lipinski definition) is 1. The molecule has 1 N–H and O–H groups in total. The Kier molecular flexibility index (Phi) is 6.97. The predicted octanol–water partition coefficient (Wildman–Crippen LogP) is 3.37. The molecule has 0 saturated carbocycles. The topological polar surface area (TPSA) is 12.0 Å². The van der Waals surface area contributed by atoms with E-state index < -0.39 is 0 Å². The molecule has 0 rings (SSSR count). The van der Waals surface area contributed by atoms with Crippen LogP contribution in [0.25, 0.3) is 0 Å². The zero-order valence-corrected chi connectivity index (χ0v) is 9.69. The Morgan fingerprint density at radius 2 is 1.69 bits per heavy atom. The Morgan fingerprint density at radius 3 is 2.23 bits per heavy atom. The largest absolute Gasteiger partial charge is 0.316 e. The molecular weight excluding hydrogens is 158 g/mol. The van der Waals surface area contributed by atoms with E-state index in [9.17, 15) is 0 Å². The second-order valence-electron chi connectivity index (χ2n) is 4.79. The number of hydrogen-bond acceptors (Lipinski definition) is 1. The van der Waals surface area contributed by atoms with Crippen molar-refractivity contribution in [1.29, 1.82) is 0 Å². The molecule has 0 saturated heterocycles. The molecule has 0 radical (unpaired) electrons. The van der Waals surface area contributed by atoms with E-state index in [-0.39, 0.29) is 0 Å². The van der Waals surface area contributed by atoms with Crippen LogP contribution in [0.3, 0.4) is 0 Å². The van der Waals surface area contributed by atoms with Crippen molar-refractivity contribution in [1.82, 2.24) is 5.32 Å². The third-order valence-corrected chi connectivity index (χ3v) is 1.77. The first-order valence-corrected chi connectivity index (χ1v) is 5.42. The molecule has 78 valence electrons. The maximum atomic E-state index is 3.45. The van der Waals surface area contributed by atoms with Crippen molar-refractivity contribution in [2.24, 2.45) is 5.41 Å². The van der Waals surface area contributed by atoms with Crippen LogP contribution in [0.2, 0.25) is 0 Å². The lowest BCUT2D eigenvalue weighted by Gasteiger charge is -2.18. The number of rotatable bonds is 6. The van der Waals surface area contributed by atoms with Gasteiger partial charge in [-0.1, -0.05) is 46.3 Å². The van der Waals surface area contributed by atoms with Gasteiger partial charge < -0.3 is 5.32 Å². The van der Waals surface area contributed by atoms with Crippen LogP contribution in [0.5, 0.6) is 0 Å². The van der Waals surface area contributed by atoms with Crippen LogP contribution >= 0.6 is 0 Å². The van der Waals surface area contributed by atoms with Gasteiger partial charge in [-0.15, -0.1) is 0 Å². The van der Waals surface area contributed by atoms with Crippen molar-refractivity contribution in [3.8, 4) is 0 Å². The monoisotopic (exact) mass is 183 g/mol. The molecule has 0 atom stereocenters. The molecule has 1 heteroatoms. The molecule has 0 heterocycles. The Labute approximate surface area is 83.6 Å². The minimum atomic E-state index is 0.410. The first-order chi connectivity index (χ1) is 6.06. The minimum Gasteiger partial charge on any atom is -0.316 e. The van der Waals surface area contributed by atoms with Crippen molar-refractivity contribution in [2.45, 2.75) is 47.0 Å². The van der Waals surface area contributed by atoms with Crippen molar-refractivity contribution in [2.75, 3.05) is 13.1 Å². The van der Waals surface area contributed by atoms with Gasteiger partial charge in [0.05, 0.1) is 0 Å². The van der Waals surface area contributed by atoms with Crippen LogP contribution in [0.4, 0.5) is 0 Å². The van der Waals surface area contributed by atoms with Crippen LogP contribution < -0.4 is 5.32 Å². The van der Waals surface area contributed by atoms with E-state index in [0.29, 0.717) is 5.41 Å². The first-order valence-electron chi connectivity index (χ1n) is 5.42. The Balaban J connectivity index is 3.17. The SMILES string of the molecule is CCCC=CCCNCC(C)(C)C. The third kappa shape index (κ3) is 11.7.